The summed E-state index contributed by atoms with van der Waals surface area (Å²) in [5.41, 5.74) is 6.08. The summed E-state index contributed by atoms with van der Waals surface area (Å²) in [7, 11) is 0. The van der Waals surface area contributed by atoms with E-state index in [1.54, 1.807) is 0 Å². The van der Waals surface area contributed by atoms with Crippen molar-refractivity contribution in [1.82, 2.24) is 0 Å². The van der Waals surface area contributed by atoms with Crippen LogP contribution in [0, 0.1) is 13.8 Å². The van der Waals surface area contributed by atoms with Crippen LogP contribution in [0.5, 0.6) is 0 Å². The molecule has 4 rings (SSSR count). The molecule has 0 amide bonds. The molecule has 4 aromatic carbocycles. The molecule has 0 fully saturated rings. The van der Waals surface area contributed by atoms with Crippen LogP contribution in [0.2, 0.25) is 0 Å². The fraction of sp³-hybridized carbons (Fsp3) is 0.0714. The van der Waals surface area contributed by atoms with Gasteiger partial charge >= 0.3 is 202 Å². The van der Waals surface area contributed by atoms with Crippen molar-refractivity contribution in [2.45, 2.75) is 13.8 Å². The number of hydrogen-bond acceptors (Lipinski definition) is 2. The van der Waals surface area contributed by atoms with Gasteiger partial charge in [-0.1, -0.05) is 0 Å². The van der Waals surface area contributed by atoms with Crippen molar-refractivity contribution < 1.29 is 9.59 Å². The molecular weight excluding hydrogens is 526 g/mol. The second-order valence-electron chi connectivity index (χ2n) is 7.56. The minimum absolute atomic E-state index is 0.190. The number of carbonyl (C=O) groups is 2. The molecular formula is C28H22O2Se2. The SMILES string of the molecule is Cc1ccc(C(=O)[Se]c2ccc(-c3ccc([Se]C(=O)c4ccc(C)cc4)cc3)cc2)cc1. The van der Waals surface area contributed by atoms with E-state index in [0.29, 0.717) is 0 Å². The molecule has 0 saturated heterocycles. The molecule has 0 aliphatic carbocycles. The molecule has 0 bridgehead atoms. The summed E-state index contributed by atoms with van der Waals surface area (Å²) in [5.74, 6) is 0. The molecule has 0 unspecified atom stereocenters. The first-order valence-corrected chi connectivity index (χ1v) is 13.7. The van der Waals surface area contributed by atoms with E-state index in [4.69, 9.17) is 0 Å². The Balaban J connectivity index is 1.39. The van der Waals surface area contributed by atoms with Gasteiger partial charge in [0.05, 0.1) is 0 Å². The van der Waals surface area contributed by atoms with Gasteiger partial charge in [0.25, 0.3) is 0 Å². The van der Waals surface area contributed by atoms with Crippen LogP contribution in [-0.2, 0) is 0 Å². The summed E-state index contributed by atoms with van der Waals surface area (Å²) < 4.78 is 2.51. The number of rotatable bonds is 7. The predicted octanol–water partition coefficient (Wildman–Crippen LogP) is 4.31. The normalized spacial score (nSPS) is 10.7. The van der Waals surface area contributed by atoms with Crippen LogP contribution in [-0.4, -0.2) is 39.3 Å². The zero-order valence-electron chi connectivity index (χ0n) is 17.9. The molecule has 0 saturated carbocycles. The van der Waals surface area contributed by atoms with E-state index in [0.717, 1.165) is 42.3 Å². The molecule has 0 aliphatic rings. The molecule has 32 heavy (non-hydrogen) atoms. The minimum atomic E-state index is -0.240. The van der Waals surface area contributed by atoms with Crippen LogP contribution < -0.4 is 8.92 Å². The first kappa shape index (κ1) is 22.5. The van der Waals surface area contributed by atoms with Crippen molar-refractivity contribution in [3.8, 4) is 11.1 Å². The summed E-state index contributed by atoms with van der Waals surface area (Å²) >= 11 is -0.479. The second-order valence-corrected chi connectivity index (χ2v) is 12.0. The van der Waals surface area contributed by atoms with Crippen LogP contribution in [0.4, 0.5) is 0 Å². The van der Waals surface area contributed by atoms with E-state index in [1.165, 1.54) is 0 Å². The van der Waals surface area contributed by atoms with E-state index < -0.39 is 0 Å². The fourth-order valence-electron chi connectivity index (χ4n) is 3.14. The third kappa shape index (κ3) is 5.73. The summed E-state index contributed by atoms with van der Waals surface area (Å²) in [6, 6.07) is 32.0. The van der Waals surface area contributed by atoms with Gasteiger partial charge in [-0.05, 0) is 0 Å². The van der Waals surface area contributed by atoms with Crippen molar-refractivity contribution in [2.24, 2.45) is 0 Å². The van der Waals surface area contributed by atoms with Crippen LogP contribution >= 0.6 is 0 Å². The van der Waals surface area contributed by atoms with E-state index >= 15 is 0 Å². The van der Waals surface area contributed by atoms with Crippen LogP contribution in [0.1, 0.15) is 31.8 Å². The van der Waals surface area contributed by atoms with E-state index in [1.807, 2.05) is 86.6 Å². The Morgan fingerprint density at radius 2 is 0.781 bits per heavy atom. The fourth-order valence-corrected chi connectivity index (χ4v) is 6.25. The number of benzene rings is 4. The van der Waals surface area contributed by atoms with Gasteiger partial charge < -0.3 is 0 Å². The molecule has 0 radical (unpaired) electrons. The van der Waals surface area contributed by atoms with Gasteiger partial charge in [0, 0.05) is 0 Å². The average molecular weight is 548 g/mol. The van der Waals surface area contributed by atoms with E-state index in [9.17, 15) is 9.59 Å². The van der Waals surface area contributed by atoms with Crippen LogP contribution in [0.3, 0.4) is 0 Å². The van der Waals surface area contributed by atoms with Gasteiger partial charge in [0.15, 0.2) is 0 Å². The number of aryl methyl sites for hydroxylation is 2. The molecule has 2 nitrogen and oxygen atoms in total. The zero-order valence-corrected chi connectivity index (χ0v) is 21.3. The molecule has 4 heteroatoms. The first-order valence-electron chi connectivity index (χ1n) is 10.3. The van der Waals surface area contributed by atoms with Crippen molar-refractivity contribution in [3.05, 3.63) is 119 Å². The Morgan fingerprint density at radius 1 is 0.469 bits per heavy atom. The molecule has 0 N–H and O–H groups in total. The van der Waals surface area contributed by atoms with Gasteiger partial charge in [0.1, 0.15) is 0 Å². The third-order valence-corrected chi connectivity index (χ3v) is 8.94. The van der Waals surface area contributed by atoms with Gasteiger partial charge in [-0.3, -0.25) is 0 Å². The van der Waals surface area contributed by atoms with Gasteiger partial charge in [-0.25, -0.2) is 0 Å². The zero-order chi connectivity index (χ0) is 22.5. The van der Waals surface area contributed by atoms with Gasteiger partial charge in [0.2, 0.25) is 0 Å². The van der Waals surface area contributed by atoms with Crippen molar-refractivity contribution in [2.75, 3.05) is 0 Å². The molecule has 4 aromatic rings. The van der Waals surface area contributed by atoms with Crippen LogP contribution in [0.15, 0.2) is 97.1 Å². The Kier molecular flexibility index (Phi) is 7.19. The Hall–Kier alpha value is -2.74. The second kappa shape index (κ2) is 10.3. The maximum atomic E-state index is 12.5. The summed E-state index contributed by atoms with van der Waals surface area (Å²) in [5, 5.41) is 0. The Bertz CT molecular complexity index is 1120. The van der Waals surface area contributed by atoms with Crippen LogP contribution in [0.25, 0.3) is 11.1 Å². The Morgan fingerprint density at radius 3 is 1.09 bits per heavy atom. The summed E-state index contributed by atoms with van der Waals surface area (Å²) in [6.45, 7) is 4.04. The standard InChI is InChI=1S/C28H22O2Se2/c1-19-3-7-23(8-4-19)27(29)31-25-15-11-21(12-16-25)22-13-17-26(18-14-22)32-28(30)24-9-5-20(2)6-10-24/h3-18H,1-2H3. The number of hydrogen-bond donors (Lipinski definition) is 0. The summed E-state index contributed by atoms with van der Waals surface area (Å²) in [4.78, 5) is 25.1. The van der Waals surface area contributed by atoms with Gasteiger partial charge in [-0.2, -0.15) is 0 Å². The van der Waals surface area contributed by atoms with Gasteiger partial charge in [-0.15, -0.1) is 0 Å². The predicted molar refractivity (Wildman–Crippen MR) is 134 cm³/mol. The molecule has 0 aliphatic heterocycles. The molecule has 0 heterocycles. The van der Waals surface area contributed by atoms with E-state index in [-0.39, 0.29) is 39.3 Å². The van der Waals surface area contributed by atoms with E-state index in [2.05, 4.69) is 24.3 Å². The van der Waals surface area contributed by atoms with Crippen molar-refractivity contribution >= 4 is 48.2 Å². The molecule has 158 valence electrons. The third-order valence-electron chi connectivity index (χ3n) is 5.04. The number of carbonyl (C=O) groups excluding carboxylic acids is 2. The molecule has 0 spiro atoms. The molecule has 0 aromatic heterocycles. The average Bonchev–Trinajstić information content (AvgIpc) is 2.81. The van der Waals surface area contributed by atoms with Crippen molar-refractivity contribution in [3.63, 3.8) is 0 Å². The quantitative estimate of drug-likeness (QED) is 0.323. The topological polar surface area (TPSA) is 34.1 Å². The monoisotopic (exact) mass is 550 g/mol. The molecule has 0 atom stereocenters. The van der Waals surface area contributed by atoms with Crippen molar-refractivity contribution in [1.29, 1.82) is 0 Å². The summed E-state index contributed by atoms with van der Waals surface area (Å²) in [6.07, 6.45) is 0. The Labute approximate surface area is 201 Å². The first-order chi connectivity index (χ1) is 15.5. The maximum absolute atomic E-state index is 12.5.